The van der Waals surface area contributed by atoms with Gasteiger partial charge in [0.05, 0.1) is 27.4 Å². The fourth-order valence-electron chi connectivity index (χ4n) is 3.49. The van der Waals surface area contributed by atoms with Gasteiger partial charge in [-0.1, -0.05) is 13.0 Å². The Morgan fingerprint density at radius 3 is 2.19 bits per heavy atom. The molecule has 1 aliphatic heterocycles. The van der Waals surface area contributed by atoms with Crippen molar-refractivity contribution >= 4 is 0 Å². The van der Waals surface area contributed by atoms with Gasteiger partial charge < -0.3 is 29.2 Å². The first-order chi connectivity index (χ1) is 12.9. The lowest BCUT2D eigenvalue weighted by Crippen LogP contribution is -2.14. The van der Waals surface area contributed by atoms with Gasteiger partial charge in [-0.05, 0) is 42.3 Å². The fourth-order valence-corrected chi connectivity index (χ4v) is 3.49. The van der Waals surface area contributed by atoms with E-state index in [9.17, 15) is 10.2 Å². The second kappa shape index (κ2) is 7.66. The minimum absolute atomic E-state index is 0.0214. The van der Waals surface area contributed by atoms with E-state index in [2.05, 4.69) is 6.92 Å². The van der Waals surface area contributed by atoms with E-state index in [0.29, 0.717) is 28.6 Å². The predicted octanol–water partition coefficient (Wildman–Crippen LogP) is 3.36. The molecule has 2 aromatic carbocycles. The van der Waals surface area contributed by atoms with Crippen LogP contribution in [0.1, 0.15) is 48.7 Å². The third-order valence-electron chi connectivity index (χ3n) is 5.05. The van der Waals surface area contributed by atoms with Gasteiger partial charge in [-0.3, -0.25) is 0 Å². The summed E-state index contributed by atoms with van der Waals surface area (Å²) in [6.07, 6.45) is -2.10. The van der Waals surface area contributed by atoms with Crippen LogP contribution in [0.25, 0.3) is 0 Å². The van der Waals surface area contributed by atoms with Gasteiger partial charge in [0.2, 0.25) is 0 Å². The summed E-state index contributed by atoms with van der Waals surface area (Å²) >= 11 is 0. The van der Waals surface area contributed by atoms with Crippen molar-refractivity contribution in [3.63, 3.8) is 0 Å². The number of methoxy groups -OCH3 is 3. The second-order valence-electron chi connectivity index (χ2n) is 6.77. The molecule has 2 N–H and O–H groups in total. The molecule has 0 aromatic heterocycles. The van der Waals surface area contributed by atoms with Crippen LogP contribution < -0.4 is 18.9 Å². The van der Waals surface area contributed by atoms with Gasteiger partial charge in [0, 0.05) is 11.5 Å². The van der Waals surface area contributed by atoms with Crippen molar-refractivity contribution in [3.8, 4) is 23.0 Å². The number of hydrogen-bond acceptors (Lipinski definition) is 6. The van der Waals surface area contributed by atoms with Crippen molar-refractivity contribution in [1.29, 1.82) is 0 Å². The van der Waals surface area contributed by atoms with Gasteiger partial charge in [0.25, 0.3) is 0 Å². The number of aliphatic hydroxyl groups is 2. The van der Waals surface area contributed by atoms with E-state index in [-0.39, 0.29) is 12.0 Å². The van der Waals surface area contributed by atoms with Crippen molar-refractivity contribution in [2.24, 2.45) is 0 Å². The van der Waals surface area contributed by atoms with Crippen LogP contribution in [0, 0.1) is 0 Å². The van der Waals surface area contributed by atoms with Gasteiger partial charge in [-0.25, -0.2) is 0 Å². The summed E-state index contributed by atoms with van der Waals surface area (Å²) < 4.78 is 22.4. The van der Waals surface area contributed by atoms with Crippen LogP contribution in [0.3, 0.4) is 0 Å². The van der Waals surface area contributed by atoms with Crippen LogP contribution in [0.15, 0.2) is 30.3 Å². The molecule has 1 heterocycles. The predicted molar refractivity (Wildman–Crippen MR) is 101 cm³/mol. The summed E-state index contributed by atoms with van der Waals surface area (Å²) in [5, 5.41) is 20.0. The highest BCUT2D eigenvalue weighted by Crippen LogP contribution is 2.51. The molecule has 0 saturated carbocycles. The lowest BCUT2D eigenvalue weighted by molar-refractivity contribution is 0.0304. The Kier molecular flexibility index (Phi) is 5.48. The third kappa shape index (κ3) is 3.42. The molecule has 0 aliphatic carbocycles. The van der Waals surface area contributed by atoms with Crippen LogP contribution in [-0.4, -0.2) is 37.6 Å². The van der Waals surface area contributed by atoms with Crippen LogP contribution in [0.5, 0.6) is 23.0 Å². The average molecular weight is 374 g/mol. The third-order valence-corrected chi connectivity index (χ3v) is 5.05. The molecule has 146 valence electrons. The first-order valence-electron chi connectivity index (χ1n) is 8.87. The Hall–Kier alpha value is -2.44. The standard InChI is InChI=1S/C21H26O6/c1-11-15-8-14(19(23)12(2)22)10-18(26-5)21(15)27-20(11)13-6-7-16(24-3)17(9-13)25-4/h6-12,19-20,22-23H,1-5H3/t11-,12?,19?,20-/m0/s1. The Morgan fingerprint density at radius 1 is 0.926 bits per heavy atom. The molecule has 2 unspecified atom stereocenters. The van der Waals surface area contributed by atoms with Crippen LogP contribution >= 0.6 is 0 Å². The van der Waals surface area contributed by atoms with Crippen LogP contribution in [0.4, 0.5) is 0 Å². The van der Waals surface area contributed by atoms with Gasteiger partial charge in [-0.2, -0.15) is 0 Å². The molecule has 4 atom stereocenters. The van der Waals surface area contributed by atoms with E-state index in [0.717, 1.165) is 11.1 Å². The molecule has 6 heteroatoms. The summed E-state index contributed by atoms with van der Waals surface area (Å²) in [6, 6.07) is 9.30. The first kappa shape index (κ1) is 19.3. The smallest absolute Gasteiger partial charge is 0.165 e. The van der Waals surface area contributed by atoms with Crippen LogP contribution in [-0.2, 0) is 0 Å². The first-order valence-corrected chi connectivity index (χ1v) is 8.87. The highest BCUT2D eigenvalue weighted by Gasteiger charge is 2.36. The van der Waals surface area contributed by atoms with Crippen molar-refractivity contribution in [3.05, 3.63) is 47.0 Å². The van der Waals surface area contributed by atoms with E-state index < -0.39 is 12.2 Å². The van der Waals surface area contributed by atoms with E-state index in [1.165, 1.54) is 0 Å². The molecule has 6 nitrogen and oxygen atoms in total. The molecule has 0 saturated heterocycles. The topological polar surface area (TPSA) is 77.4 Å². The zero-order valence-corrected chi connectivity index (χ0v) is 16.2. The number of ether oxygens (including phenoxy) is 4. The minimum atomic E-state index is -0.989. The molecule has 0 amide bonds. The zero-order chi connectivity index (χ0) is 19.7. The number of hydrogen-bond donors (Lipinski definition) is 2. The zero-order valence-electron chi connectivity index (χ0n) is 16.2. The van der Waals surface area contributed by atoms with Crippen molar-refractivity contribution < 1.29 is 29.2 Å². The molecule has 0 bridgehead atoms. The maximum atomic E-state index is 10.3. The number of rotatable bonds is 6. The number of aliphatic hydroxyl groups excluding tert-OH is 2. The van der Waals surface area contributed by atoms with E-state index >= 15 is 0 Å². The van der Waals surface area contributed by atoms with Gasteiger partial charge in [0.15, 0.2) is 23.0 Å². The van der Waals surface area contributed by atoms with Gasteiger partial charge >= 0.3 is 0 Å². The van der Waals surface area contributed by atoms with Crippen molar-refractivity contribution in [2.75, 3.05) is 21.3 Å². The highest BCUT2D eigenvalue weighted by atomic mass is 16.5. The molecule has 0 fully saturated rings. The quantitative estimate of drug-likeness (QED) is 0.807. The SMILES string of the molecule is COc1ccc([C@H]2Oc3c(OC)cc(C(O)C(C)O)cc3[C@@H]2C)cc1OC. The Balaban J connectivity index is 2.01. The largest absolute Gasteiger partial charge is 0.493 e. The number of fused-ring (bicyclic) bond motifs is 1. The second-order valence-corrected chi connectivity index (χ2v) is 6.77. The molecular formula is C21H26O6. The lowest BCUT2D eigenvalue weighted by atomic mass is 9.90. The lowest BCUT2D eigenvalue weighted by Gasteiger charge is -2.18. The number of benzene rings is 2. The Morgan fingerprint density at radius 2 is 1.59 bits per heavy atom. The molecule has 3 rings (SSSR count). The molecule has 1 aliphatic rings. The monoisotopic (exact) mass is 374 g/mol. The molecule has 0 spiro atoms. The van der Waals surface area contributed by atoms with E-state index in [1.807, 2.05) is 24.3 Å². The summed E-state index contributed by atoms with van der Waals surface area (Å²) in [4.78, 5) is 0. The minimum Gasteiger partial charge on any atom is -0.493 e. The van der Waals surface area contributed by atoms with Gasteiger partial charge in [0.1, 0.15) is 12.2 Å². The highest BCUT2D eigenvalue weighted by molar-refractivity contribution is 5.56. The molecule has 2 aromatic rings. The Bertz CT molecular complexity index is 817. The van der Waals surface area contributed by atoms with Gasteiger partial charge in [-0.15, -0.1) is 0 Å². The maximum Gasteiger partial charge on any atom is 0.165 e. The Labute approximate surface area is 159 Å². The normalized spacial score (nSPS) is 20.4. The maximum absolute atomic E-state index is 10.3. The molecule has 0 radical (unpaired) electrons. The van der Waals surface area contributed by atoms with Crippen molar-refractivity contribution in [2.45, 2.75) is 38.1 Å². The average Bonchev–Trinajstić information content (AvgIpc) is 3.02. The van der Waals surface area contributed by atoms with Crippen molar-refractivity contribution in [1.82, 2.24) is 0 Å². The van der Waals surface area contributed by atoms with E-state index in [1.54, 1.807) is 34.3 Å². The van der Waals surface area contributed by atoms with E-state index in [4.69, 9.17) is 18.9 Å². The molecule has 27 heavy (non-hydrogen) atoms. The summed E-state index contributed by atoms with van der Waals surface area (Å²) in [6.45, 7) is 3.61. The summed E-state index contributed by atoms with van der Waals surface area (Å²) in [7, 11) is 4.76. The van der Waals surface area contributed by atoms with Crippen LogP contribution in [0.2, 0.25) is 0 Å². The summed E-state index contributed by atoms with van der Waals surface area (Å²) in [5.74, 6) is 2.51. The molecular weight excluding hydrogens is 348 g/mol. The summed E-state index contributed by atoms with van der Waals surface area (Å²) in [5.41, 5.74) is 2.49. The fraction of sp³-hybridized carbons (Fsp3) is 0.429.